The van der Waals surface area contributed by atoms with Crippen LogP contribution in [0.5, 0.6) is 0 Å². The van der Waals surface area contributed by atoms with Crippen LogP contribution < -0.4 is 0 Å². The third kappa shape index (κ3) is 5.64. The fourth-order valence-corrected chi connectivity index (χ4v) is 4.49. The normalized spacial score (nSPS) is 22.9. The summed E-state index contributed by atoms with van der Waals surface area (Å²) in [6.45, 7) is 12.0. The lowest BCUT2D eigenvalue weighted by molar-refractivity contribution is 0.0992. The second-order valence-corrected chi connectivity index (χ2v) is 8.17. The molecule has 0 radical (unpaired) electrons. The van der Waals surface area contributed by atoms with Crippen molar-refractivity contribution in [3.8, 4) is 0 Å². The molecule has 0 aliphatic carbocycles. The van der Waals surface area contributed by atoms with Gasteiger partial charge < -0.3 is 9.47 Å². The molecule has 2 aliphatic heterocycles. The number of aromatic nitrogens is 2. The van der Waals surface area contributed by atoms with Gasteiger partial charge >= 0.3 is 0 Å². The average Bonchev–Trinajstić information content (AvgIpc) is 3.22. The van der Waals surface area contributed by atoms with Crippen molar-refractivity contribution in [2.24, 2.45) is 5.92 Å². The van der Waals surface area contributed by atoms with Gasteiger partial charge in [-0.25, -0.2) is 4.98 Å². The molecule has 146 valence electrons. The van der Waals surface area contributed by atoms with Gasteiger partial charge in [0.15, 0.2) is 0 Å². The van der Waals surface area contributed by atoms with Crippen molar-refractivity contribution in [1.29, 1.82) is 0 Å². The standard InChI is InChI=1S/C22H33N5/c1-2-5-21(6-3-1)17-26-15-12-24(13-16-26)11-14-25-9-4-7-22(18-25)19-27-10-8-23-20-27/h1-3,5-6,8,10,20,22H,4,7,9,11-19H2. The number of hydrogen-bond acceptors (Lipinski definition) is 4. The Labute approximate surface area is 163 Å². The van der Waals surface area contributed by atoms with Crippen molar-refractivity contribution < 1.29 is 0 Å². The summed E-state index contributed by atoms with van der Waals surface area (Å²) in [7, 11) is 0. The summed E-state index contributed by atoms with van der Waals surface area (Å²) < 4.78 is 2.24. The zero-order valence-corrected chi connectivity index (χ0v) is 16.4. The molecule has 0 amide bonds. The summed E-state index contributed by atoms with van der Waals surface area (Å²) in [5, 5.41) is 0. The monoisotopic (exact) mass is 367 g/mol. The molecular weight excluding hydrogens is 334 g/mol. The zero-order valence-electron chi connectivity index (χ0n) is 16.4. The lowest BCUT2D eigenvalue weighted by Gasteiger charge is -2.37. The van der Waals surface area contributed by atoms with Crippen LogP contribution in [-0.2, 0) is 13.1 Å². The summed E-state index contributed by atoms with van der Waals surface area (Å²) >= 11 is 0. The van der Waals surface area contributed by atoms with E-state index in [1.165, 1.54) is 70.8 Å². The summed E-state index contributed by atoms with van der Waals surface area (Å²) in [4.78, 5) is 12.1. The van der Waals surface area contributed by atoms with Crippen LogP contribution in [0.25, 0.3) is 0 Å². The summed E-state index contributed by atoms with van der Waals surface area (Å²) in [6.07, 6.45) is 8.62. The Bertz CT molecular complexity index is 649. The Morgan fingerprint density at radius 1 is 0.889 bits per heavy atom. The van der Waals surface area contributed by atoms with Crippen LogP contribution >= 0.6 is 0 Å². The van der Waals surface area contributed by atoms with E-state index in [2.05, 4.69) is 60.8 Å². The van der Waals surface area contributed by atoms with Gasteiger partial charge in [0.05, 0.1) is 6.33 Å². The highest BCUT2D eigenvalue weighted by Crippen LogP contribution is 2.18. The predicted molar refractivity (Wildman–Crippen MR) is 110 cm³/mol. The van der Waals surface area contributed by atoms with E-state index in [1.54, 1.807) is 0 Å². The van der Waals surface area contributed by atoms with Crippen molar-refractivity contribution in [2.75, 3.05) is 52.4 Å². The number of benzene rings is 1. The maximum atomic E-state index is 4.18. The van der Waals surface area contributed by atoms with Gasteiger partial charge in [0.25, 0.3) is 0 Å². The SMILES string of the molecule is c1ccc(CN2CCN(CCN3CCCC(Cn4ccnc4)C3)CC2)cc1. The minimum atomic E-state index is 0.774. The Kier molecular flexibility index (Phi) is 6.56. The van der Waals surface area contributed by atoms with E-state index in [-0.39, 0.29) is 0 Å². The molecule has 2 aliphatic rings. The highest BCUT2D eigenvalue weighted by Gasteiger charge is 2.22. The lowest BCUT2D eigenvalue weighted by atomic mass is 9.98. The van der Waals surface area contributed by atoms with Gasteiger partial charge in [-0.15, -0.1) is 0 Å². The number of imidazole rings is 1. The third-order valence-electron chi connectivity index (χ3n) is 6.08. The number of piperidine rings is 1. The largest absolute Gasteiger partial charge is 0.337 e. The molecule has 5 nitrogen and oxygen atoms in total. The first-order chi connectivity index (χ1) is 13.3. The molecule has 0 N–H and O–H groups in total. The van der Waals surface area contributed by atoms with E-state index >= 15 is 0 Å². The molecule has 1 aromatic heterocycles. The van der Waals surface area contributed by atoms with Gasteiger partial charge in [-0.05, 0) is 30.9 Å². The quantitative estimate of drug-likeness (QED) is 0.751. The van der Waals surface area contributed by atoms with Crippen LogP contribution in [0.2, 0.25) is 0 Å². The van der Waals surface area contributed by atoms with E-state index in [0.29, 0.717) is 0 Å². The maximum absolute atomic E-state index is 4.18. The molecule has 1 aromatic carbocycles. The van der Waals surface area contributed by atoms with Crippen molar-refractivity contribution >= 4 is 0 Å². The van der Waals surface area contributed by atoms with E-state index in [4.69, 9.17) is 0 Å². The first-order valence-electron chi connectivity index (χ1n) is 10.5. The minimum absolute atomic E-state index is 0.774. The minimum Gasteiger partial charge on any atom is -0.337 e. The lowest BCUT2D eigenvalue weighted by Crippen LogP contribution is -2.49. The number of piperazine rings is 1. The molecule has 0 spiro atoms. The highest BCUT2D eigenvalue weighted by molar-refractivity contribution is 5.14. The van der Waals surface area contributed by atoms with Crippen molar-refractivity contribution in [3.63, 3.8) is 0 Å². The van der Waals surface area contributed by atoms with Gasteiger partial charge in [-0.3, -0.25) is 9.80 Å². The second-order valence-electron chi connectivity index (χ2n) is 8.17. The molecular formula is C22H33N5. The van der Waals surface area contributed by atoms with Gasteiger partial charge in [0, 0.05) is 71.3 Å². The Morgan fingerprint density at radius 2 is 1.67 bits per heavy atom. The van der Waals surface area contributed by atoms with Gasteiger partial charge in [-0.1, -0.05) is 30.3 Å². The van der Waals surface area contributed by atoms with Crippen LogP contribution in [0.1, 0.15) is 18.4 Å². The van der Waals surface area contributed by atoms with E-state index < -0.39 is 0 Å². The zero-order chi connectivity index (χ0) is 18.3. The molecule has 0 saturated carbocycles. The van der Waals surface area contributed by atoms with Crippen molar-refractivity contribution in [3.05, 3.63) is 54.6 Å². The molecule has 2 fully saturated rings. The molecule has 4 rings (SSSR count). The van der Waals surface area contributed by atoms with Crippen LogP contribution in [-0.4, -0.2) is 76.6 Å². The Hall–Kier alpha value is -1.69. The Morgan fingerprint density at radius 3 is 2.44 bits per heavy atom. The molecule has 1 unspecified atom stereocenters. The van der Waals surface area contributed by atoms with Crippen LogP contribution in [0, 0.1) is 5.92 Å². The summed E-state index contributed by atoms with van der Waals surface area (Å²) in [5.74, 6) is 0.774. The molecule has 5 heteroatoms. The van der Waals surface area contributed by atoms with Crippen molar-refractivity contribution in [2.45, 2.75) is 25.9 Å². The summed E-state index contributed by atoms with van der Waals surface area (Å²) in [6, 6.07) is 10.9. The third-order valence-corrected chi connectivity index (χ3v) is 6.08. The first kappa shape index (κ1) is 18.7. The van der Waals surface area contributed by atoms with Crippen LogP contribution in [0.3, 0.4) is 0 Å². The van der Waals surface area contributed by atoms with Crippen LogP contribution in [0.4, 0.5) is 0 Å². The van der Waals surface area contributed by atoms with Gasteiger partial charge in [0.2, 0.25) is 0 Å². The fraction of sp³-hybridized carbons (Fsp3) is 0.591. The molecule has 0 bridgehead atoms. The molecule has 1 atom stereocenters. The highest BCUT2D eigenvalue weighted by atomic mass is 15.3. The first-order valence-corrected chi connectivity index (χ1v) is 10.5. The molecule has 2 saturated heterocycles. The van der Waals surface area contributed by atoms with E-state index in [9.17, 15) is 0 Å². The smallest absolute Gasteiger partial charge is 0.0946 e. The maximum Gasteiger partial charge on any atom is 0.0946 e. The number of nitrogens with zero attached hydrogens (tertiary/aromatic N) is 5. The number of likely N-dealkylation sites (tertiary alicyclic amines) is 1. The summed E-state index contributed by atoms with van der Waals surface area (Å²) in [5.41, 5.74) is 1.43. The predicted octanol–water partition coefficient (Wildman–Crippen LogP) is 2.41. The van der Waals surface area contributed by atoms with E-state index in [1.807, 2.05) is 12.5 Å². The average molecular weight is 368 g/mol. The van der Waals surface area contributed by atoms with Crippen molar-refractivity contribution in [1.82, 2.24) is 24.3 Å². The Balaban J connectivity index is 1.15. The number of hydrogen-bond donors (Lipinski definition) is 0. The molecule has 27 heavy (non-hydrogen) atoms. The molecule has 3 heterocycles. The fourth-order valence-electron chi connectivity index (χ4n) is 4.49. The number of rotatable bonds is 7. The van der Waals surface area contributed by atoms with Crippen LogP contribution in [0.15, 0.2) is 49.1 Å². The van der Waals surface area contributed by atoms with Gasteiger partial charge in [0.1, 0.15) is 0 Å². The molecule has 2 aromatic rings. The second kappa shape index (κ2) is 9.49. The topological polar surface area (TPSA) is 27.5 Å². The van der Waals surface area contributed by atoms with E-state index in [0.717, 1.165) is 19.0 Å². The van der Waals surface area contributed by atoms with Gasteiger partial charge in [-0.2, -0.15) is 0 Å².